The number of unbranched alkanes of at least 4 members (excludes halogenated alkanes) is 2. The van der Waals surface area contributed by atoms with Crippen LogP contribution in [-0.2, 0) is 9.53 Å². The number of ether oxygens (including phenoxy) is 1. The van der Waals surface area contributed by atoms with Crippen molar-refractivity contribution in [3.8, 4) is 0 Å². The summed E-state index contributed by atoms with van der Waals surface area (Å²) in [6.07, 6.45) is 6.02. The van der Waals surface area contributed by atoms with Crippen LogP contribution < -0.4 is 0 Å². The highest BCUT2D eigenvalue weighted by Crippen LogP contribution is 2.02. The first-order valence-corrected chi connectivity index (χ1v) is 5.14. The fourth-order valence-electron chi connectivity index (χ4n) is 0.873. The van der Waals surface area contributed by atoms with E-state index in [9.17, 15) is 4.79 Å². The highest BCUT2D eigenvalue weighted by atomic mass is 16.4. The highest BCUT2D eigenvalue weighted by molar-refractivity contribution is 5.78. The lowest BCUT2D eigenvalue weighted by atomic mass is 10.1. The van der Waals surface area contributed by atoms with Crippen LogP contribution in [0.25, 0.3) is 0 Å². The quantitative estimate of drug-likeness (QED) is 0.640. The number of Topliss-reactive ketones (excluding diaryl/α,β-unsaturated/α-hetero) is 1. The van der Waals surface area contributed by atoms with Gasteiger partial charge in [0, 0.05) is 27.1 Å². The minimum Gasteiger partial charge on any atom is -0.388 e. The number of rotatable bonds is 6. The Morgan fingerprint density at radius 2 is 1.31 bits per heavy atom. The normalized spacial score (nSPS) is 8.92. The lowest BCUT2D eigenvalue weighted by Gasteiger charge is -1.96. The summed E-state index contributed by atoms with van der Waals surface area (Å²) in [5.74, 6) is 0.448. The van der Waals surface area contributed by atoms with E-state index in [4.69, 9.17) is 0 Å². The van der Waals surface area contributed by atoms with Gasteiger partial charge in [-0.2, -0.15) is 0 Å². The number of methoxy groups -OCH3 is 1. The standard InChI is InChI=1S/C9H18O.C2H6O/c1-3-5-7-9(10)8-6-4-2;1-3-2/h3-8H2,1-2H3;1-2H3. The second kappa shape index (κ2) is 14.2. The molecule has 80 valence electrons. The van der Waals surface area contributed by atoms with Gasteiger partial charge in [0.2, 0.25) is 0 Å². The fraction of sp³-hybridized carbons (Fsp3) is 0.909. The van der Waals surface area contributed by atoms with Crippen molar-refractivity contribution < 1.29 is 9.53 Å². The molecule has 0 spiro atoms. The SMILES string of the molecule is CCCCC(=O)CCCC.COC. The number of ketones is 1. The average molecular weight is 188 g/mol. The van der Waals surface area contributed by atoms with Crippen LogP contribution in [0.4, 0.5) is 0 Å². The van der Waals surface area contributed by atoms with Crippen molar-refractivity contribution in [1.29, 1.82) is 0 Å². The Labute approximate surface area is 82.7 Å². The maximum atomic E-state index is 11.0. The lowest BCUT2D eigenvalue weighted by molar-refractivity contribution is -0.119. The topological polar surface area (TPSA) is 26.3 Å². The van der Waals surface area contributed by atoms with Gasteiger partial charge in [-0.25, -0.2) is 0 Å². The van der Waals surface area contributed by atoms with Crippen LogP contribution in [-0.4, -0.2) is 20.0 Å². The number of carbonyl (C=O) groups excluding carboxylic acids is 1. The Balaban J connectivity index is 0. The molecule has 0 heterocycles. The van der Waals surface area contributed by atoms with Gasteiger partial charge in [0.05, 0.1) is 0 Å². The minimum absolute atomic E-state index is 0.448. The first kappa shape index (κ1) is 15.1. The molecule has 0 atom stereocenters. The molecule has 0 saturated carbocycles. The van der Waals surface area contributed by atoms with Crippen LogP contribution in [0.1, 0.15) is 52.4 Å². The van der Waals surface area contributed by atoms with Crippen LogP contribution in [0.2, 0.25) is 0 Å². The van der Waals surface area contributed by atoms with Crippen LogP contribution >= 0.6 is 0 Å². The van der Waals surface area contributed by atoms with Crippen molar-refractivity contribution in [2.24, 2.45) is 0 Å². The van der Waals surface area contributed by atoms with Crippen molar-refractivity contribution in [3.63, 3.8) is 0 Å². The Bertz CT molecular complexity index is 90.3. The van der Waals surface area contributed by atoms with Crippen molar-refractivity contribution >= 4 is 5.78 Å². The molecular formula is C11H24O2. The average Bonchev–Trinajstić information content (AvgIpc) is 2.12. The third-order valence-corrected chi connectivity index (χ3v) is 1.62. The van der Waals surface area contributed by atoms with Crippen molar-refractivity contribution in [2.45, 2.75) is 52.4 Å². The zero-order valence-electron chi connectivity index (χ0n) is 9.56. The van der Waals surface area contributed by atoms with Gasteiger partial charge >= 0.3 is 0 Å². The molecule has 0 aliphatic heterocycles. The molecule has 0 unspecified atom stereocenters. The summed E-state index contributed by atoms with van der Waals surface area (Å²) in [6, 6.07) is 0. The molecule has 0 N–H and O–H groups in total. The first-order valence-electron chi connectivity index (χ1n) is 5.14. The summed E-state index contributed by atoms with van der Waals surface area (Å²) in [4.78, 5) is 11.0. The lowest BCUT2D eigenvalue weighted by Crippen LogP contribution is -1.96. The van der Waals surface area contributed by atoms with Crippen molar-refractivity contribution in [1.82, 2.24) is 0 Å². The van der Waals surface area contributed by atoms with E-state index in [1.54, 1.807) is 14.2 Å². The van der Waals surface area contributed by atoms with Crippen LogP contribution in [0, 0.1) is 0 Å². The van der Waals surface area contributed by atoms with E-state index in [0.29, 0.717) is 5.78 Å². The summed E-state index contributed by atoms with van der Waals surface area (Å²) >= 11 is 0. The van der Waals surface area contributed by atoms with E-state index in [2.05, 4.69) is 18.6 Å². The molecule has 0 saturated heterocycles. The minimum atomic E-state index is 0.448. The number of hydrogen-bond donors (Lipinski definition) is 0. The van der Waals surface area contributed by atoms with E-state index in [1.807, 2.05) is 0 Å². The van der Waals surface area contributed by atoms with Gasteiger partial charge in [-0.05, 0) is 12.8 Å². The maximum Gasteiger partial charge on any atom is 0.132 e. The second-order valence-electron chi connectivity index (χ2n) is 3.15. The molecule has 0 aromatic heterocycles. The molecule has 0 bridgehead atoms. The smallest absolute Gasteiger partial charge is 0.132 e. The third kappa shape index (κ3) is 18.5. The largest absolute Gasteiger partial charge is 0.388 e. The monoisotopic (exact) mass is 188 g/mol. The van der Waals surface area contributed by atoms with E-state index in [1.165, 1.54) is 0 Å². The Morgan fingerprint density at radius 1 is 1.00 bits per heavy atom. The Kier molecular flexibility index (Phi) is 16.5. The van der Waals surface area contributed by atoms with Crippen molar-refractivity contribution in [2.75, 3.05) is 14.2 Å². The maximum absolute atomic E-state index is 11.0. The van der Waals surface area contributed by atoms with Crippen molar-refractivity contribution in [3.05, 3.63) is 0 Å². The zero-order valence-corrected chi connectivity index (χ0v) is 9.56. The molecule has 2 nitrogen and oxygen atoms in total. The van der Waals surface area contributed by atoms with Crippen LogP contribution in [0.5, 0.6) is 0 Å². The number of hydrogen-bond acceptors (Lipinski definition) is 2. The summed E-state index contributed by atoms with van der Waals surface area (Å²) in [7, 11) is 3.25. The summed E-state index contributed by atoms with van der Waals surface area (Å²) < 4.78 is 4.25. The predicted molar refractivity (Wildman–Crippen MR) is 57.0 cm³/mol. The van der Waals surface area contributed by atoms with Crippen LogP contribution in [0.3, 0.4) is 0 Å². The molecular weight excluding hydrogens is 164 g/mol. The van der Waals surface area contributed by atoms with Gasteiger partial charge in [0.15, 0.2) is 0 Å². The predicted octanol–water partition coefficient (Wildman–Crippen LogP) is 3.20. The van der Waals surface area contributed by atoms with Gasteiger partial charge in [-0.3, -0.25) is 4.79 Å². The van der Waals surface area contributed by atoms with E-state index >= 15 is 0 Å². The van der Waals surface area contributed by atoms with E-state index in [0.717, 1.165) is 38.5 Å². The van der Waals surface area contributed by atoms with Gasteiger partial charge in [0.25, 0.3) is 0 Å². The molecule has 0 aromatic carbocycles. The van der Waals surface area contributed by atoms with E-state index < -0.39 is 0 Å². The zero-order chi connectivity index (χ0) is 10.5. The van der Waals surface area contributed by atoms with Gasteiger partial charge in [-0.15, -0.1) is 0 Å². The van der Waals surface area contributed by atoms with Gasteiger partial charge in [0.1, 0.15) is 5.78 Å². The van der Waals surface area contributed by atoms with Gasteiger partial charge in [-0.1, -0.05) is 26.7 Å². The Hall–Kier alpha value is -0.370. The molecule has 0 amide bonds. The molecule has 0 aromatic rings. The highest BCUT2D eigenvalue weighted by Gasteiger charge is 1.98. The third-order valence-electron chi connectivity index (χ3n) is 1.62. The molecule has 0 rings (SSSR count). The Morgan fingerprint density at radius 3 is 1.54 bits per heavy atom. The number of carbonyl (C=O) groups is 1. The molecule has 13 heavy (non-hydrogen) atoms. The summed E-state index contributed by atoms with van der Waals surface area (Å²) in [5.41, 5.74) is 0. The molecule has 2 heteroatoms. The second-order valence-corrected chi connectivity index (χ2v) is 3.15. The summed E-state index contributed by atoms with van der Waals surface area (Å²) in [5, 5.41) is 0. The molecule has 0 radical (unpaired) electrons. The molecule has 0 fully saturated rings. The fourth-order valence-corrected chi connectivity index (χ4v) is 0.873. The van der Waals surface area contributed by atoms with Crippen LogP contribution in [0.15, 0.2) is 0 Å². The van der Waals surface area contributed by atoms with Gasteiger partial charge < -0.3 is 4.74 Å². The molecule has 0 aliphatic rings. The first-order chi connectivity index (χ1) is 6.22. The summed E-state index contributed by atoms with van der Waals surface area (Å²) in [6.45, 7) is 4.24. The molecule has 0 aliphatic carbocycles. The van der Waals surface area contributed by atoms with E-state index in [-0.39, 0.29) is 0 Å².